The summed E-state index contributed by atoms with van der Waals surface area (Å²) in [6.45, 7) is 0. The van der Waals surface area contributed by atoms with Crippen molar-refractivity contribution in [2.45, 2.75) is 12.5 Å². The van der Waals surface area contributed by atoms with Gasteiger partial charge >= 0.3 is 5.97 Å². The number of amides is 1. The van der Waals surface area contributed by atoms with Crippen molar-refractivity contribution in [3.63, 3.8) is 0 Å². The molecule has 0 radical (unpaired) electrons. The molecule has 0 aliphatic heterocycles. The van der Waals surface area contributed by atoms with Gasteiger partial charge in [-0.05, 0) is 17.7 Å². The number of nitrogens with one attached hydrogen (secondary N) is 2. The van der Waals surface area contributed by atoms with Gasteiger partial charge in [-0.1, -0.05) is 6.07 Å². The van der Waals surface area contributed by atoms with Crippen LogP contribution in [0.2, 0.25) is 0 Å². The van der Waals surface area contributed by atoms with E-state index in [-0.39, 0.29) is 23.7 Å². The number of phenolic OH excluding ortho intramolecular Hbond substituents is 2. The average molecular weight is 292 g/mol. The Morgan fingerprint density at radius 1 is 1.29 bits per heavy atom. The van der Waals surface area contributed by atoms with Gasteiger partial charge in [-0.2, -0.15) is 5.10 Å². The lowest BCUT2D eigenvalue weighted by atomic mass is 10.1. The van der Waals surface area contributed by atoms with Crippen LogP contribution in [-0.2, 0) is 11.2 Å². The summed E-state index contributed by atoms with van der Waals surface area (Å²) in [7, 11) is 0. The standard InChI is InChI=1S/C12H12N4O5/c17-8-2-1-6(4-9(8)18)3-7(12(20)21)15-11(19)10-13-5-14-16-10/h1-2,4-5,7,17-18H,3H2,(H,15,19)(H,20,21)(H,13,14,16). The van der Waals surface area contributed by atoms with E-state index in [2.05, 4.69) is 20.5 Å². The molecule has 0 fully saturated rings. The molecule has 9 heteroatoms. The van der Waals surface area contributed by atoms with Crippen LogP contribution in [0, 0.1) is 0 Å². The Kier molecular flexibility index (Phi) is 4.02. The summed E-state index contributed by atoms with van der Waals surface area (Å²) in [6, 6.07) is 2.70. The number of hydrogen-bond acceptors (Lipinski definition) is 6. The molecule has 1 aromatic heterocycles. The average Bonchev–Trinajstić information content (AvgIpc) is 2.96. The van der Waals surface area contributed by atoms with E-state index >= 15 is 0 Å². The van der Waals surface area contributed by atoms with E-state index < -0.39 is 17.9 Å². The van der Waals surface area contributed by atoms with Gasteiger partial charge in [-0.25, -0.2) is 9.78 Å². The molecule has 2 aromatic rings. The molecular weight excluding hydrogens is 280 g/mol. The summed E-state index contributed by atoms with van der Waals surface area (Å²) in [5.41, 5.74) is 0.440. The number of carbonyl (C=O) groups is 2. The number of aromatic hydroxyl groups is 2. The van der Waals surface area contributed by atoms with Crippen LogP contribution < -0.4 is 5.32 Å². The van der Waals surface area contributed by atoms with Gasteiger partial charge in [-0.15, -0.1) is 0 Å². The van der Waals surface area contributed by atoms with Crippen LogP contribution in [0.15, 0.2) is 24.5 Å². The number of hydrogen-bond donors (Lipinski definition) is 5. The summed E-state index contributed by atoms with van der Waals surface area (Å²) >= 11 is 0. The molecule has 1 atom stereocenters. The predicted octanol–water partition coefficient (Wildman–Crippen LogP) is -0.358. The van der Waals surface area contributed by atoms with E-state index in [0.717, 1.165) is 6.33 Å². The number of phenols is 2. The fourth-order valence-corrected chi connectivity index (χ4v) is 1.67. The second kappa shape index (κ2) is 5.90. The second-order valence-corrected chi connectivity index (χ2v) is 4.23. The molecule has 0 aliphatic rings. The minimum absolute atomic E-state index is 0.0664. The van der Waals surface area contributed by atoms with Gasteiger partial charge in [0.15, 0.2) is 11.5 Å². The van der Waals surface area contributed by atoms with Crippen LogP contribution in [-0.4, -0.2) is 48.4 Å². The smallest absolute Gasteiger partial charge is 0.326 e. The van der Waals surface area contributed by atoms with E-state index in [1.807, 2.05) is 0 Å². The van der Waals surface area contributed by atoms with Crippen molar-refractivity contribution in [2.75, 3.05) is 0 Å². The lowest BCUT2D eigenvalue weighted by Gasteiger charge is -2.14. The first kappa shape index (κ1) is 14.3. The Hall–Kier alpha value is -3.10. The van der Waals surface area contributed by atoms with Crippen LogP contribution >= 0.6 is 0 Å². The summed E-state index contributed by atoms with van der Waals surface area (Å²) < 4.78 is 0. The summed E-state index contributed by atoms with van der Waals surface area (Å²) in [5.74, 6) is -2.72. The first-order valence-corrected chi connectivity index (χ1v) is 5.87. The zero-order chi connectivity index (χ0) is 15.4. The monoisotopic (exact) mass is 292 g/mol. The van der Waals surface area contributed by atoms with Gasteiger partial charge in [0, 0.05) is 6.42 Å². The fourth-order valence-electron chi connectivity index (χ4n) is 1.67. The van der Waals surface area contributed by atoms with Gasteiger partial charge in [-0.3, -0.25) is 9.89 Å². The van der Waals surface area contributed by atoms with Crippen molar-refractivity contribution >= 4 is 11.9 Å². The Bertz CT molecular complexity index is 656. The maximum absolute atomic E-state index is 11.7. The van der Waals surface area contributed by atoms with Gasteiger partial charge in [0.2, 0.25) is 5.82 Å². The van der Waals surface area contributed by atoms with E-state index in [1.54, 1.807) is 0 Å². The second-order valence-electron chi connectivity index (χ2n) is 4.23. The highest BCUT2D eigenvalue weighted by Gasteiger charge is 2.22. The van der Waals surface area contributed by atoms with E-state index in [0.29, 0.717) is 5.56 Å². The minimum Gasteiger partial charge on any atom is -0.504 e. The molecule has 1 amide bonds. The van der Waals surface area contributed by atoms with Crippen LogP contribution in [0.25, 0.3) is 0 Å². The molecule has 21 heavy (non-hydrogen) atoms. The third-order valence-corrected chi connectivity index (χ3v) is 2.71. The van der Waals surface area contributed by atoms with Gasteiger partial charge in [0.1, 0.15) is 12.4 Å². The van der Waals surface area contributed by atoms with Crippen molar-refractivity contribution in [3.05, 3.63) is 35.9 Å². The van der Waals surface area contributed by atoms with E-state index in [1.165, 1.54) is 18.2 Å². The number of H-pyrrole nitrogens is 1. The quantitative estimate of drug-likeness (QED) is 0.472. The maximum atomic E-state index is 11.7. The normalized spacial score (nSPS) is 11.8. The van der Waals surface area contributed by atoms with Crippen molar-refractivity contribution in [1.29, 1.82) is 0 Å². The summed E-state index contributed by atoms with van der Waals surface area (Å²) in [6.07, 6.45) is 1.06. The molecule has 5 N–H and O–H groups in total. The SMILES string of the molecule is O=C(NC(Cc1ccc(O)c(O)c1)C(=O)O)c1ncn[nH]1. The maximum Gasteiger partial charge on any atom is 0.326 e. The van der Waals surface area contributed by atoms with Crippen molar-refractivity contribution in [1.82, 2.24) is 20.5 Å². The van der Waals surface area contributed by atoms with Crippen molar-refractivity contribution in [2.24, 2.45) is 0 Å². The molecule has 0 saturated heterocycles. The zero-order valence-electron chi connectivity index (χ0n) is 10.6. The van der Waals surface area contributed by atoms with Crippen LogP contribution in [0.1, 0.15) is 16.2 Å². The Balaban J connectivity index is 2.10. The van der Waals surface area contributed by atoms with Gasteiger partial charge < -0.3 is 20.6 Å². The van der Waals surface area contributed by atoms with E-state index in [9.17, 15) is 19.8 Å². The Labute approximate surface area is 118 Å². The molecule has 1 unspecified atom stereocenters. The largest absolute Gasteiger partial charge is 0.504 e. The highest BCUT2D eigenvalue weighted by Crippen LogP contribution is 2.25. The van der Waals surface area contributed by atoms with Gasteiger partial charge in [0.05, 0.1) is 0 Å². The predicted molar refractivity (Wildman–Crippen MR) is 68.7 cm³/mol. The third kappa shape index (κ3) is 3.47. The van der Waals surface area contributed by atoms with Crippen molar-refractivity contribution in [3.8, 4) is 11.5 Å². The first-order chi connectivity index (χ1) is 9.97. The molecule has 9 nitrogen and oxygen atoms in total. The number of benzene rings is 1. The Morgan fingerprint density at radius 2 is 2.05 bits per heavy atom. The highest BCUT2D eigenvalue weighted by molar-refractivity contribution is 5.93. The molecule has 0 aliphatic carbocycles. The summed E-state index contributed by atoms with van der Waals surface area (Å²) in [5, 5.41) is 35.8. The number of carbonyl (C=O) groups excluding carboxylic acids is 1. The first-order valence-electron chi connectivity index (χ1n) is 5.87. The molecule has 1 heterocycles. The van der Waals surface area contributed by atoms with Gasteiger partial charge in [0.25, 0.3) is 5.91 Å². The van der Waals surface area contributed by atoms with Crippen LogP contribution in [0.4, 0.5) is 0 Å². The molecule has 110 valence electrons. The fraction of sp³-hybridized carbons (Fsp3) is 0.167. The van der Waals surface area contributed by atoms with Crippen LogP contribution in [0.5, 0.6) is 11.5 Å². The highest BCUT2D eigenvalue weighted by atomic mass is 16.4. The Morgan fingerprint density at radius 3 is 2.62 bits per heavy atom. The molecule has 2 rings (SSSR count). The number of aliphatic carboxylic acids is 1. The van der Waals surface area contributed by atoms with Crippen LogP contribution in [0.3, 0.4) is 0 Å². The van der Waals surface area contributed by atoms with E-state index in [4.69, 9.17) is 5.11 Å². The molecule has 1 aromatic carbocycles. The third-order valence-electron chi connectivity index (χ3n) is 2.71. The molecule has 0 bridgehead atoms. The topological polar surface area (TPSA) is 148 Å². The molecule has 0 spiro atoms. The molecular formula is C12H12N4O5. The van der Waals surface area contributed by atoms with Crippen molar-refractivity contribution < 1.29 is 24.9 Å². The number of carboxylic acid groups (broad SMARTS) is 1. The number of aromatic nitrogens is 3. The summed E-state index contributed by atoms with van der Waals surface area (Å²) in [4.78, 5) is 26.5. The number of aromatic amines is 1. The number of carboxylic acids is 1. The number of rotatable bonds is 5. The molecule has 0 saturated carbocycles. The minimum atomic E-state index is -1.24. The number of nitrogens with zero attached hydrogens (tertiary/aromatic N) is 2. The lowest BCUT2D eigenvalue weighted by Crippen LogP contribution is -2.42. The zero-order valence-corrected chi connectivity index (χ0v) is 10.6. The lowest BCUT2D eigenvalue weighted by molar-refractivity contribution is -0.139.